The van der Waals surface area contributed by atoms with Crippen molar-refractivity contribution in [3.05, 3.63) is 188 Å². The van der Waals surface area contributed by atoms with Crippen LogP contribution in [0.25, 0.3) is 11.1 Å². The summed E-state index contributed by atoms with van der Waals surface area (Å²) in [6, 6.07) is 32.5. The Morgan fingerprint density at radius 1 is 0.846 bits per heavy atom. The smallest absolute Gasteiger partial charge is 0.416 e. The topological polar surface area (TPSA) is 146 Å². The Balaban J connectivity index is 1.03. The van der Waals surface area contributed by atoms with E-state index in [0.717, 1.165) is 33.7 Å². The number of carboxylic acid groups (broad SMARTS) is 1. The Bertz CT molecular complexity index is 2870. The van der Waals surface area contributed by atoms with Gasteiger partial charge in [-0.3, -0.25) is 14.4 Å². The van der Waals surface area contributed by atoms with Crippen molar-refractivity contribution < 1.29 is 46.9 Å². The number of nitriles is 1. The van der Waals surface area contributed by atoms with Crippen LogP contribution in [0.5, 0.6) is 11.5 Å². The maximum Gasteiger partial charge on any atom is 0.416 e. The third-order valence-electron chi connectivity index (χ3n) is 11.3. The monoisotopic (exact) mass is 917 g/mol. The molecule has 0 bridgehead atoms. The van der Waals surface area contributed by atoms with Crippen molar-refractivity contribution in [3.8, 4) is 28.7 Å². The second-order valence-electron chi connectivity index (χ2n) is 15.7. The van der Waals surface area contributed by atoms with E-state index in [-0.39, 0.29) is 43.8 Å². The molecule has 0 aliphatic carbocycles. The van der Waals surface area contributed by atoms with Crippen LogP contribution in [-0.4, -0.2) is 45.7 Å². The first kappa shape index (κ1) is 44.5. The molecule has 0 aromatic heterocycles. The fraction of sp³-hybridized carbons (Fsp3) is 0.180. The fourth-order valence-electron chi connectivity index (χ4n) is 7.89. The summed E-state index contributed by atoms with van der Waals surface area (Å²) in [6.07, 6.45) is -6.00. The number of hydrogen-bond donors (Lipinski definition) is 2. The van der Waals surface area contributed by atoms with Crippen LogP contribution in [0, 0.1) is 11.3 Å². The zero-order chi connectivity index (χ0) is 46.0. The lowest BCUT2D eigenvalue weighted by Crippen LogP contribution is -2.56. The number of carbonyl (C=O) groups excluding carboxylic acids is 3. The first-order valence-electron chi connectivity index (χ1n) is 20.2. The molecule has 0 saturated carbocycles. The van der Waals surface area contributed by atoms with Gasteiger partial charge in [0.1, 0.15) is 30.2 Å². The van der Waals surface area contributed by atoms with E-state index in [0.29, 0.717) is 61.0 Å². The quantitative estimate of drug-likeness (QED) is 0.131. The number of carbonyl (C=O) groups is 4. The maximum atomic E-state index is 14.2. The summed E-state index contributed by atoms with van der Waals surface area (Å²) in [5.74, 6) is -2.38. The summed E-state index contributed by atoms with van der Waals surface area (Å²) >= 11 is 12.1. The fourth-order valence-corrected chi connectivity index (χ4v) is 8.21. The van der Waals surface area contributed by atoms with Gasteiger partial charge in [-0.1, -0.05) is 89.9 Å². The lowest BCUT2D eigenvalue weighted by atomic mass is 9.87. The highest BCUT2D eigenvalue weighted by atomic mass is 35.5. The van der Waals surface area contributed by atoms with Crippen molar-refractivity contribution in [1.29, 1.82) is 5.26 Å². The third kappa shape index (κ3) is 9.99. The molecule has 15 heteroatoms. The van der Waals surface area contributed by atoms with Crippen molar-refractivity contribution in [1.82, 2.24) is 10.2 Å². The Kier molecular flexibility index (Phi) is 12.7. The second-order valence-corrected chi connectivity index (χ2v) is 16.5. The van der Waals surface area contributed by atoms with Gasteiger partial charge in [-0.15, -0.1) is 0 Å². The first-order valence-corrected chi connectivity index (χ1v) is 21.0. The number of hydrogen-bond acceptors (Lipinski definition) is 7. The number of halogens is 5. The minimum absolute atomic E-state index is 0.0162. The van der Waals surface area contributed by atoms with E-state index in [1.165, 1.54) is 6.07 Å². The number of rotatable bonds is 11. The van der Waals surface area contributed by atoms with Gasteiger partial charge in [0, 0.05) is 42.5 Å². The molecule has 2 N–H and O–H groups in total. The molecule has 2 heterocycles. The van der Waals surface area contributed by atoms with Crippen LogP contribution in [0.2, 0.25) is 10.0 Å². The van der Waals surface area contributed by atoms with Crippen LogP contribution in [0.15, 0.2) is 127 Å². The number of aliphatic carboxylic acids is 1. The summed E-state index contributed by atoms with van der Waals surface area (Å²) in [5.41, 5.74) is 4.40. The molecule has 328 valence electrons. The summed E-state index contributed by atoms with van der Waals surface area (Å²) < 4.78 is 53.5. The minimum atomic E-state index is -4.75. The van der Waals surface area contributed by atoms with Crippen LogP contribution in [0.1, 0.15) is 61.0 Å². The lowest BCUT2D eigenvalue weighted by molar-refractivity contribution is -0.142. The van der Waals surface area contributed by atoms with Crippen molar-refractivity contribution in [2.75, 3.05) is 0 Å². The molecule has 1 unspecified atom stereocenters. The van der Waals surface area contributed by atoms with Crippen LogP contribution in [0.4, 0.5) is 13.2 Å². The highest BCUT2D eigenvalue weighted by Gasteiger charge is 2.40. The van der Waals surface area contributed by atoms with E-state index >= 15 is 0 Å². The molecule has 2 amide bonds. The van der Waals surface area contributed by atoms with Gasteiger partial charge in [-0.2, -0.15) is 18.4 Å². The standard InChI is InChI=1S/C50H36Cl2F3N3O7/c51-40-17-8-30(18-41(40)52)27-64-39-15-13-33(14-16-39)46-44(59)23-36-20-35-22-43(58(26-37(35)24-45(36)65-46)48(61)34-2-1-3-38(21-34)50(53,54)55)47(60)57-42(49(62)63)19-28-4-9-31(10-5-28)32-11-6-29(25-56)7-12-32/h1-18,20-21,24,42-43,46H,19,22-23,26-27H2,(H,57,60)(H,62,63)/t42-,43-,46?/m0/s1. The van der Waals surface area contributed by atoms with Gasteiger partial charge >= 0.3 is 12.1 Å². The molecule has 0 fully saturated rings. The van der Waals surface area contributed by atoms with E-state index < -0.39 is 47.7 Å². The van der Waals surface area contributed by atoms with E-state index in [1.54, 1.807) is 103 Å². The Hall–Kier alpha value is -7.14. The number of alkyl halides is 3. The van der Waals surface area contributed by atoms with Gasteiger partial charge in [-0.05, 0) is 94.0 Å². The second kappa shape index (κ2) is 18.5. The van der Waals surface area contributed by atoms with Crippen LogP contribution in [-0.2, 0) is 53.0 Å². The number of nitrogens with one attached hydrogen (secondary N) is 1. The van der Waals surface area contributed by atoms with Crippen molar-refractivity contribution in [2.45, 2.75) is 56.8 Å². The van der Waals surface area contributed by atoms with E-state index in [1.807, 2.05) is 0 Å². The lowest BCUT2D eigenvalue weighted by Gasteiger charge is -2.37. The Morgan fingerprint density at radius 2 is 1.54 bits per heavy atom. The van der Waals surface area contributed by atoms with Gasteiger partial charge in [0.25, 0.3) is 5.91 Å². The van der Waals surface area contributed by atoms with Crippen molar-refractivity contribution in [2.24, 2.45) is 0 Å². The first-order chi connectivity index (χ1) is 31.1. The van der Waals surface area contributed by atoms with Crippen LogP contribution >= 0.6 is 23.2 Å². The zero-order valence-corrected chi connectivity index (χ0v) is 35.6. The average molecular weight is 919 g/mol. The zero-order valence-electron chi connectivity index (χ0n) is 34.1. The van der Waals surface area contributed by atoms with E-state index in [9.17, 15) is 37.5 Å². The van der Waals surface area contributed by atoms with Gasteiger partial charge in [-0.25, -0.2) is 4.79 Å². The predicted molar refractivity (Wildman–Crippen MR) is 234 cm³/mol. The number of nitrogens with zero attached hydrogens (tertiary/aromatic N) is 2. The van der Waals surface area contributed by atoms with Crippen LogP contribution in [0.3, 0.4) is 0 Å². The molecule has 8 rings (SSSR count). The predicted octanol–water partition coefficient (Wildman–Crippen LogP) is 9.75. The summed E-state index contributed by atoms with van der Waals surface area (Å²) in [6.45, 7) is -0.0159. The number of fused-ring (bicyclic) bond motifs is 2. The van der Waals surface area contributed by atoms with E-state index in [4.69, 9.17) is 37.9 Å². The van der Waals surface area contributed by atoms with Gasteiger partial charge in [0.05, 0.1) is 27.2 Å². The molecule has 10 nitrogen and oxygen atoms in total. The molecular weight excluding hydrogens is 882 g/mol. The minimum Gasteiger partial charge on any atom is -0.489 e. The van der Waals surface area contributed by atoms with Crippen molar-refractivity contribution in [3.63, 3.8) is 0 Å². The largest absolute Gasteiger partial charge is 0.489 e. The Morgan fingerprint density at radius 3 is 2.20 bits per heavy atom. The molecule has 0 spiro atoms. The highest BCUT2D eigenvalue weighted by Crippen LogP contribution is 2.39. The van der Waals surface area contributed by atoms with Crippen LogP contribution < -0.4 is 14.8 Å². The molecule has 6 aromatic rings. The SMILES string of the molecule is N#Cc1ccc(-c2ccc(C[C@H](NC(=O)[C@@H]3Cc4cc5c(cc4CN3C(=O)c3cccc(C(F)(F)F)c3)OC(c3ccc(OCc4ccc(Cl)c(Cl)c4)cc3)C(=O)C5)C(=O)O)cc2)cc1. The van der Waals surface area contributed by atoms with Gasteiger partial charge in [0.15, 0.2) is 11.9 Å². The number of Topliss-reactive ketones (excluding diaryl/α,β-unsaturated/α-hetero) is 1. The number of amides is 2. The maximum absolute atomic E-state index is 14.2. The molecule has 3 atom stereocenters. The molecule has 0 saturated heterocycles. The number of ketones is 1. The summed E-state index contributed by atoms with van der Waals surface area (Å²) in [4.78, 5) is 55.7. The average Bonchev–Trinajstić information content (AvgIpc) is 3.30. The molecule has 6 aromatic carbocycles. The normalized spacial score (nSPS) is 16.0. The highest BCUT2D eigenvalue weighted by molar-refractivity contribution is 6.42. The van der Waals surface area contributed by atoms with Gasteiger partial charge < -0.3 is 24.8 Å². The molecule has 65 heavy (non-hydrogen) atoms. The molecular formula is C50H36Cl2F3N3O7. The van der Waals surface area contributed by atoms with Crippen molar-refractivity contribution >= 4 is 46.8 Å². The number of ether oxygens (including phenoxy) is 2. The summed E-state index contributed by atoms with van der Waals surface area (Å²) in [7, 11) is 0. The van der Waals surface area contributed by atoms with E-state index in [2.05, 4.69) is 11.4 Å². The summed E-state index contributed by atoms with van der Waals surface area (Å²) in [5, 5.41) is 22.8. The third-order valence-corrected chi connectivity index (χ3v) is 12.1. The number of benzene rings is 6. The Labute approximate surface area is 380 Å². The number of carboxylic acids is 1. The molecule has 2 aliphatic rings. The molecule has 2 aliphatic heterocycles. The molecule has 0 radical (unpaired) electrons. The van der Waals surface area contributed by atoms with Gasteiger partial charge in [0.2, 0.25) is 5.91 Å².